The molecule has 3 nitrogen and oxygen atoms in total. The lowest BCUT2D eigenvalue weighted by atomic mass is 10.3. The van der Waals surface area contributed by atoms with E-state index < -0.39 is 0 Å². The Morgan fingerprint density at radius 3 is 2.62 bits per heavy atom. The summed E-state index contributed by atoms with van der Waals surface area (Å²) in [6.45, 7) is 0. The predicted molar refractivity (Wildman–Crippen MR) is 68.7 cm³/mol. The van der Waals surface area contributed by atoms with E-state index in [1.54, 1.807) is 0 Å². The van der Waals surface area contributed by atoms with Crippen LogP contribution in [0.1, 0.15) is 25.7 Å². The normalized spacial score (nSPS) is 16.4. The van der Waals surface area contributed by atoms with E-state index in [4.69, 9.17) is 44.9 Å². The van der Waals surface area contributed by atoms with Gasteiger partial charge in [-0.1, -0.05) is 34.5 Å². The molecular weight excluding hydrogens is 289 g/mol. The second-order valence-corrected chi connectivity index (χ2v) is 5.68. The molecule has 0 aromatic carbocycles. The molecule has 0 radical (unpaired) electrons. The Morgan fingerprint density at radius 1 is 1.38 bits per heavy atom. The molecule has 0 spiro atoms. The molecule has 1 saturated carbocycles. The van der Waals surface area contributed by atoms with Crippen LogP contribution >= 0.6 is 46.8 Å². The van der Waals surface area contributed by atoms with Gasteiger partial charge in [0.25, 0.3) is 5.19 Å². The summed E-state index contributed by atoms with van der Waals surface area (Å²) in [5, 5.41) is 0.636. The van der Waals surface area contributed by atoms with E-state index in [9.17, 15) is 0 Å². The fourth-order valence-corrected chi connectivity index (χ4v) is 2.84. The molecule has 1 aliphatic carbocycles. The number of hydrogen-bond donors (Lipinski definition) is 0. The summed E-state index contributed by atoms with van der Waals surface area (Å²) in [6.07, 6.45) is 4.61. The summed E-state index contributed by atoms with van der Waals surface area (Å²) < 4.78 is 11.1. The molecule has 0 saturated heterocycles. The van der Waals surface area contributed by atoms with Gasteiger partial charge in [-0.15, -0.1) is 0 Å². The van der Waals surface area contributed by atoms with Crippen LogP contribution in [0.3, 0.4) is 0 Å². The minimum Gasteiger partial charge on any atom is -0.453 e. The largest absolute Gasteiger partial charge is 0.453 e. The van der Waals surface area contributed by atoms with Crippen molar-refractivity contribution < 1.29 is 9.47 Å². The highest BCUT2D eigenvalue weighted by Gasteiger charge is 2.19. The van der Waals surface area contributed by atoms with Gasteiger partial charge in [0.2, 0.25) is 0 Å². The quantitative estimate of drug-likeness (QED) is 0.770. The summed E-state index contributed by atoms with van der Waals surface area (Å²) in [5.41, 5.74) is 0. The van der Waals surface area contributed by atoms with E-state index in [1.807, 2.05) is 0 Å². The second-order valence-electron chi connectivity index (χ2n) is 3.42. The highest BCUT2D eigenvalue weighted by atomic mass is 35.5. The average Bonchev–Trinajstić information content (AvgIpc) is 2.78. The molecule has 0 unspecified atom stereocenters. The number of aromatic nitrogens is 1. The van der Waals surface area contributed by atoms with Crippen molar-refractivity contribution in [1.82, 2.24) is 4.98 Å². The highest BCUT2D eigenvalue weighted by molar-refractivity contribution is 7.79. The Hall–Kier alpha value is -0.100. The molecule has 1 aromatic heterocycles. The first kappa shape index (κ1) is 12.4. The molecule has 0 aliphatic heterocycles. The third-order valence-corrected chi connectivity index (χ3v) is 4.06. The number of nitrogens with zero attached hydrogens (tertiary/aromatic N) is 1. The summed E-state index contributed by atoms with van der Waals surface area (Å²) >= 11 is 17.5. The van der Waals surface area contributed by atoms with Gasteiger partial charge in [-0.25, -0.2) is 0 Å². The summed E-state index contributed by atoms with van der Waals surface area (Å²) in [4.78, 5) is 3.89. The van der Waals surface area contributed by atoms with Crippen LogP contribution in [0.25, 0.3) is 0 Å². The number of ether oxygens (including phenoxy) is 2. The molecule has 7 heteroatoms. The van der Waals surface area contributed by atoms with Crippen molar-refractivity contribution in [3.63, 3.8) is 0 Å². The standard InChI is InChI=1S/C9H9Cl2NO2S2/c10-6-7(11)16-8(12-6)14-9(15)13-5-3-1-2-4-5/h5H,1-4H2. The Balaban J connectivity index is 1.86. The topological polar surface area (TPSA) is 31.4 Å². The van der Waals surface area contributed by atoms with Crippen LogP contribution in [0.4, 0.5) is 0 Å². The molecule has 0 bridgehead atoms. The van der Waals surface area contributed by atoms with E-state index >= 15 is 0 Å². The minimum absolute atomic E-state index is 0.0917. The summed E-state index contributed by atoms with van der Waals surface area (Å²) in [5.74, 6) is 0. The van der Waals surface area contributed by atoms with Crippen LogP contribution in [0, 0.1) is 0 Å². The maximum atomic E-state index is 5.74. The molecule has 1 fully saturated rings. The fraction of sp³-hybridized carbons (Fsp3) is 0.556. The molecular formula is C9H9Cl2NO2S2. The predicted octanol–water partition coefficient (Wildman–Crippen LogP) is 4.07. The zero-order valence-corrected chi connectivity index (χ0v) is 11.4. The van der Waals surface area contributed by atoms with Gasteiger partial charge >= 0.3 is 5.24 Å². The molecule has 0 atom stereocenters. The van der Waals surface area contributed by atoms with Crippen molar-refractivity contribution in [3.05, 3.63) is 9.49 Å². The van der Waals surface area contributed by atoms with E-state index in [-0.39, 0.29) is 16.5 Å². The molecule has 2 rings (SSSR count). The molecule has 16 heavy (non-hydrogen) atoms. The van der Waals surface area contributed by atoms with Crippen LogP contribution in [0.2, 0.25) is 9.49 Å². The third-order valence-electron chi connectivity index (χ3n) is 2.26. The first-order valence-electron chi connectivity index (χ1n) is 4.85. The average molecular weight is 298 g/mol. The van der Waals surface area contributed by atoms with Gasteiger partial charge < -0.3 is 9.47 Å². The van der Waals surface area contributed by atoms with Crippen LogP contribution < -0.4 is 4.74 Å². The smallest absolute Gasteiger partial charge is 0.360 e. The molecule has 88 valence electrons. The first-order valence-corrected chi connectivity index (χ1v) is 6.83. The zero-order valence-electron chi connectivity index (χ0n) is 8.24. The van der Waals surface area contributed by atoms with Crippen LogP contribution in [0.5, 0.6) is 5.19 Å². The Bertz CT molecular complexity index is 371. The maximum absolute atomic E-state index is 5.74. The maximum Gasteiger partial charge on any atom is 0.360 e. The van der Waals surface area contributed by atoms with Gasteiger partial charge in [-0.2, -0.15) is 4.98 Å². The van der Waals surface area contributed by atoms with E-state index in [2.05, 4.69) is 4.98 Å². The Morgan fingerprint density at radius 2 is 2.06 bits per heavy atom. The lowest BCUT2D eigenvalue weighted by Crippen LogP contribution is -2.17. The van der Waals surface area contributed by atoms with Gasteiger partial charge in [0, 0.05) is 12.2 Å². The molecule has 0 N–H and O–H groups in total. The molecule has 0 amide bonds. The Kier molecular flexibility index (Phi) is 4.24. The molecule has 1 aromatic rings. The van der Waals surface area contributed by atoms with E-state index in [0.29, 0.717) is 9.53 Å². The van der Waals surface area contributed by atoms with Gasteiger partial charge in [0.1, 0.15) is 10.4 Å². The summed E-state index contributed by atoms with van der Waals surface area (Å²) in [6, 6.07) is 0. The van der Waals surface area contributed by atoms with Gasteiger partial charge in [0.15, 0.2) is 5.15 Å². The molecule has 1 aliphatic rings. The van der Waals surface area contributed by atoms with Gasteiger partial charge in [-0.3, -0.25) is 0 Å². The number of hydrogen-bond acceptors (Lipinski definition) is 5. The second kappa shape index (κ2) is 5.49. The van der Waals surface area contributed by atoms with Crippen molar-refractivity contribution in [2.45, 2.75) is 31.8 Å². The van der Waals surface area contributed by atoms with Crippen molar-refractivity contribution in [2.75, 3.05) is 0 Å². The number of halogens is 2. The van der Waals surface area contributed by atoms with Gasteiger partial charge in [-0.05, 0) is 25.7 Å². The van der Waals surface area contributed by atoms with Crippen molar-refractivity contribution in [1.29, 1.82) is 0 Å². The van der Waals surface area contributed by atoms with E-state index in [1.165, 1.54) is 12.8 Å². The summed E-state index contributed by atoms with van der Waals surface area (Å²) in [7, 11) is 0. The Labute approximate surface area is 113 Å². The van der Waals surface area contributed by atoms with Crippen molar-refractivity contribution >= 4 is 52.0 Å². The number of rotatable bonds is 2. The van der Waals surface area contributed by atoms with Crippen LogP contribution in [-0.2, 0) is 4.74 Å². The third kappa shape index (κ3) is 3.20. The first-order chi connectivity index (χ1) is 7.65. The van der Waals surface area contributed by atoms with Crippen LogP contribution in [-0.4, -0.2) is 16.3 Å². The minimum atomic E-state index is 0.0917. The van der Waals surface area contributed by atoms with Crippen molar-refractivity contribution in [2.24, 2.45) is 0 Å². The lowest BCUT2D eigenvalue weighted by molar-refractivity contribution is 0.161. The zero-order chi connectivity index (χ0) is 11.5. The lowest BCUT2D eigenvalue weighted by Gasteiger charge is -2.11. The van der Waals surface area contributed by atoms with Crippen LogP contribution in [0.15, 0.2) is 0 Å². The molecule has 1 heterocycles. The van der Waals surface area contributed by atoms with Crippen molar-refractivity contribution in [3.8, 4) is 5.19 Å². The van der Waals surface area contributed by atoms with E-state index in [0.717, 1.165) is 24.2 Å². The number of thiocarbonyl (C=S) groups is 1. The fourth-order valence-electron chi connectivity index (χ4n) is 1.55. The monoisotopic (exact) mass is 297 g/mol. The number of thiazole rings is 1. The van der Waals surface area contributed by atoms with Gasteiger partial charge in [0.05, 0.1) is 0 Å². The highest BCUT2D eigenvalue weighted by Crippen LogP contribution is 2.33. The SMILES string of the molecule is S=C(Oc1nc(Cl)c(Cl)s1)OC1CCCC1.